The van der Waals surface area contributed by atoms with Gasteiger partial charge in [-0.1, -0.05) is 31.2 Å². The molecule has 5 nitrogen and oxygen atoms in total. The minimum Gasteiger partial charge on any atom is -0.352 e. The molecular weight excluding hydrogens is 312 g/mol. The van der Waals surface area contributed by atoms with Gasteiger partial charge in [-0.15, -0.1) is 0 Å². The van der Waals surface area contributed by atoms with Gasteiger partial charge in [-0.25, -0.2) is 0 Å². The third-order valence-electron chi connectivity index (χ3n) is 5.19. The zero-order valence-electron chi connectivity index (χ0n) is 15.5. The van der Waals surface area contributed by atoms with Crippen LogP contribution in [0.1, 0.15) is 43.7 Å². The zero-order chi connectivity index (χ0) is 17.6. The van der Waals surface area contributed by atoms with E-state index < -0.39 is 0 Å². The van der Waals surface area contributed by atoms with Gasteiger partial charge in [-0.05, 0) is 36.3 Å². The number of likely N-dealkylation sites (tertiary alicyclic amines) is 2. The molecular formula is C20H30N4O. The number of carbonyl (C=O) groups is 1. The fraction of sp³-hybridized carbons (Fsp3) is 0.600. The highest BCUT2D eigenvalue weighted by Crippen LogP contribution is 2.16. The maximum absolute atomic E-state index is 11.7. The number of hydrogen-bond donors (Lipinski definition) is 1. The maximum Gasteiger partial charge on any atom is 0.222 e. The molecule has 3 rings (SSSR count). The van der Waals surface area contributed by atoms with Gasteiger partial charge in [0, 0.05) is 46.2 Å². The number of amides is 1. The number of carbonyl (C=O) groups excluding carboxylic acids is 1. The first kappa shape index (κ1) is 17.8. The van der Waals surface area contributed by atoms with Crippen LogP contribution in [0.4, 0.5) is 0 Å². The molecule has 136 valence electrons. The van der Waals surface area contributed by atoms with Crippen molar-refractivity contribution in [3.05, 3.63) is 35.4 Å². The van der Waals surface area contributed by atoms with Gasteiger partial charge in [0.2, 0.25) is 5.91 Å². The van der Waals surface area contributed by atoms with Crippen LogP contribution in [0.5, 0.6) is 0 Å². The van der Waals surface area contributed by atoms with Crippen LogP contribution < -0.4 is 5.32 Å². The van der Waals surface area contributed by atoms with Gasteiger partial charge in [-0.3, -0.25) is 9.79 Å². The van der Waals surface area contributed by atoms with Crippen LogP contribution in [0.15, 0.2) is 29.3 Å². The van der Waals surface area contributed by atoms with Crippen molar-refractivity contribution in [3.63, 3.8) is 0 Å². The van der Waals surface area contributed by atoms with E-state index in [0.29, 0.717) is 6.42 Å². The third kappa shape index (κ3) is 4.74. The highest BCUT2D eigenvalue weighted by atomic mass is 16.2. The third-order valence-corrected chi connectivity index (χ3v) is 5.19. The van der Waals surface area contributed by atoms with Crippen LogP contribution in [0, 0.1) is 5.92 Å². The minimum atomic E-state index is 0.283. The second kappa shape index (κ2) is 8.37. The van der Waals surface area contributed by atoms with E-state index in [1.54, 1.807) is 0 Å². The number of guanidine groups is 1. The molecule has 0 aromatic heterocycles. The summed E-state index contributed by atoms with van der Waals surface area (Å²) < 4.78 is 0. The predicted octanol–water partition coefficient (Wildman–Crippen LogP) is 2.62. The molecule has 25 heavy (non-hydrogen) atoms. The summed E-state index contributed by atoms with van der Waals surface area (Å²) in [5, 5.41) is 3.49. The summed E-state index contributed by atoms with van der Waals surface area (Å²) in [6.45, 7) is 6.89. The molecule has 1 atom stereocenters. The zero-order valence-corrected chi connectivity index (χ0v) is 15.5. The Kier molecular flexibility index (Phi) is 5.95. The second-order valence-electron chi connectivity index (χ2n) is 7.33. The first-order valence-corrected chi connectivity index (χ1v) is 9.47. The lowest BCUT2D eigenvalue weighted by molar-refractivity contribution is -0.128. The summed E-state index contributed by atoms with van der Waals surface area (Å²) in [5.74, 6) is 2.02. The van der Waals surface area contributed by atoms with Crippen molar-refractivity contribution in [2.24, 2.45) is 10.9 Å². The van der Waals surface area contributed by atoms with Gasteiger partial charge in [0.25, 0.3) is 0 Å². The first-order valence-electron chi connectivity index (χ1n) is 9.47. The van der Waals surface area contributed by atoms with Crippen molar-refractivity contribution in [2.75, 3.05) is 26.7 Å². The minimum absolute atomic E-state index is 0.283. The van der Waals surface area contributed by atoms with E-state index in [1.165, 1.54) is 24.0 Å². The summed E-state index contributed by atoms with van der Waals surface area (Å²) in [5.41, 5.74) is 2.44. The highest BCUT2D eigenvalue weighted by Gasteiger charge is 2.20. The number of aliphatic imine (C=N–C) groups is 1. The van der Waals surface area contributed by atoms with Crippen molar-refractivity contribution < 1.29 is 4.79 Å². The Balaban J connectivity index is 1.51. The molecule has 1 aromatic rings. The lowest BCUT2D eigenvalue weighted by Gasteiger charge is -2.33. The SMILES string of the molecule is CN=C(NCc1ccc(CN2CCCC2=O)cc1)N1CCCC(C)C1. The largest absolute Gasteiger partial charge is 0.352 e. The Morgan fingerprint density at radius 1 is 1.20 bits per heavy atom. The normalized spacial score (nSPS) is 21.8. The second-order valence-corrected chi connectivity index (χ2v) is 7.33. The highest BCUT2D eigenvalue weighted by molar-refractivity contribution is 5.80. The summed E-state index contributed by atoms with van der Waals surface area (Å²) in [4.78, 5) is 20.5. The predicted molar refractivity (Wildman–Crippen MR) is 101 cm³/mol. The quantitative estimate of drug-likeness (QED) is 0.676. The Hall–Kier alpha value is -2.04. The summed E-state index contributed by atoms with van der Waals surface area (Å²) in [7, 11) is 1.86. The Morgan fingerprint density at radius 3 is 2.60 bits per heavy atom. The van der Waals surface area contributed by atoms with E-state index in [0.717, 1.165) is 51.0 Å². The van der Waals surface area contributed by atoms with Crippen LogP contribution >= 0.6 is 0 Å². The van der Waals surface area contributed by atoms with Crippen LogP contribution in [0.25, 0.3) is 0 Å². The Labute approximate surface area is 151 Å². The molecule has 2 aliphatic heterocycles. The summed E-state index contributed by atoms with van der Waals surface area (Å²) in [6, 6.07) is 8.56. The molecule has 2 saturated heterocycles. The van der Waals surface area contributed by atoms with E-state index >= 15 is 0 Å². The fourth-order valence-corrected chi connectivity index (χ4v) is 3.75. The van der Waals surface area contributed by atoms with E-state index in [1.807, 2.05) is 11.9 Å². The molecule has 0 spiro atoms. The molecule has 5 heteroatoms. The van der Waals surface area contributed by atoms with E-state index in [4.69, 9.17) is 0 Å². The topological polar surface area (TPSA) is 47.9 Å². The monoisotopic (exact) mass is 342 g/mol. The van der Waals surface area contributed by atoms with E-state index in [2.05, 4.69) is 46.4 Å². The van der Waals surface area contributed by atoms with E-state index in [-0.39, 0.29) is 5.91 Å². The van der Waals surface area contributed by atoms with E-state index in [9.17, 15) is 4.79 Å². The summed E-state index contributed by atoms with van der Waals surface area (Å²) in [6.07, 6.45) is 4.26. The number of piperidine rings is 1. The van der Waals surface area contributed by atoms with Gasteiger partial charge in [-0.2, -0.15) is 0 Å². The molecule has 0 bridgehead atoms. The van der Waals surface area contributed by atoms with Gasteiger partial charge >= 0.3 is 0 Å². The van der Waals surface area contributed by atoms with Gasteiger partial charge in [0.1, 0.15) is 0 Å². The smallest absolute Gasteiger partial charge is 0.222 e. The first-order chi connectivity index (χ1) is 12.2. The van der Waals surface area contributed by atoms with Crippen LogP contribution in [0.2, 0.25) is 0 Å². The van der Waals surface area contributed by atoms with Gasteiger partial charge in [0.05, 0.1) is 0 Å². The molecule has 2 fully saturated rings. The average Bonchev–Trinajstić information content (AvgIpc) is 3.02. The Bertz CT molecular complexity index is 611. The molecule has 1 N–H and O–H groups in total. The van der Waals surface area contributed by atoms with Crippen molar-refractivity contribution in [2.45, 2.75) is 45.7 Å². The number of nitrogens with zero attached hydrogens (tertiary/aromatic N) is 3. The maximum atomic E-state index is 11.7. The van der Waals surface area contributed by atoms with Crippen LogP contribution in [0.3, 0.4) is 0 Å². The molecule has 1 aromatic carbocycles. The molecule has 2 aliphatic rings. The number of nitrogens with one attached hydrogen (secondary N) is 1. The molecule has 2 heterocycles. The van der Waals surface area contributed by atoms with Gasteiger partial charge < -0.3 is 15.1 Å². The van der Waals surface area contributed by atoms with Crippen molar-refractivity contribution in [1.29, 1.82) is 0 Å². The summed E-state index contributed by atoms with van der Waals surface area (Å²) >= 11 is 0. The molecule has 0 aliphatic carbocycles. The van der Waals surface area contributed by atoms with Gasteiger partial charge in [0.15, 0.2) is 5.96 Å². The van der Waals surface area contributed by atoms with Crippen molar-refractivity contribution in [1.82, 2.24) is 15.1 Å². The van der Waals surface area contributed by atoms with Crippen molar-refractivity contribution in [3.8, 4) is 0 Å². The molecule has 0 saturated carbocycles. The number of rotatable bonds is 4. The standard InChI is InChI=1S/C20H30N4O/c1-16-5-3-12-24(14-16)20(21-2)22-13-17-7-9-18(10-8-17)15-23-11-4-6-19(23)25/h7-10,16H,3-6,11-15H2,1-2H3,(H,21,22). The molecule has 1 unspecified atom stereocenters. The molecule has 0 radical (unpaired) electrons. The lowest BCUT2D eigenvalue weighted by atomic mass is 10.0. The number of benzene rings is 1. The average molecular weight is 342 g/mol. The molecule has 1 amide bonds. The number of hydrogen-bond acceptors (Lipinski definition) is 2. The van der Waals surface area contributed by atoms with Crippen LogP contribution in [-0.4, -0.2) is 48.3 Å². The van der Waals surface area contributed by atoms with Crippen LogP contribution in [-0.2, 0) is 17.9 Å². The van der Waals surface area contributed by atoms with Crippen molar-refractivity contribution >= 4 is 11.9 Å². The fourth-order valence-electron chi connectivity index (χ4n) is 3.75. The Morgan fingerprint density at radius 2 is 1.96 bits per heavy atom. The lowest BCUT2D eigenvalue weighted by Crippen LogP contribution is -2.45.